The second kappa shape index (κ2) is 6.93. The number of hydrogen-bond donors (Lipinski definition) is 2. The van der Waals surface area contributed by atoms with Crippen LogP contribution in [0.3, 0.4) is 0 Å². The number of nitrogens with one attached hydrogen (secondary N) is 2. The molecule has 0 radical (unpaired) electrons. The molecule has 7 nitrogen and oxygen atoms in total. The predicted molar refractivity (Wildman–Crippen MR) is 87.1 cm³/mol. The normalized spacial score (nSPS) is 19.3. The van der Waals surface area contributed by atoms with E-state index in [1.807, 2.05) is 0 Å². The van der Waals surface area contributed by atoms with Gasteiger partial charge in [-0.05, 0) is 24.5 Å². The minimum Gasteiger partial charge on any atom is -0.376 e. The summed E-state index contributed by atoms with van der Waals surface area (Å²) in [5.74, 6) is -0.673. The van der Waals surface area contributed by atoms with Gasteiger partial charge in [-0.1, -0.05) is 0 Å². The predicted octanol–water partition coefficient (Wildman–Crippen LogP) is 1.73. The van der Waals surface area contributed by atoms with Crippen LogP contribution in [0.25, 0.3) is 11.3 Å². The number of ether oxygens (including phenoxy) is 2. The zero-order chi connectivity index (χ0) is 19.0. The molecule has 144 valence electrons. The van der Waals surface area contributed by atoms with Gasteiger partial charge in [-0.2, -0.15) is 18.3 Å². The van der Waals surface area contributed by atoms with Gasteiger partial charge in [0, 0.05) is 12.1 Å². The van der Waals surface area contributed by atoms with Crippen molar-refractivity contribution in [3.8, 4) is 11.3 Å². The molecule has 1 fully saturated rings. The number of fused-ring (bicyclic) bond motifs is 3. The lowest BCUT2D eigenvalue weighted by molar-refractivity contribution is -0.137. The molecule has 2 aromatic rings. The van der Waals surface area contributed by atoms with Crippen LogP contribution in [0, 0.1) is 0 Å². The van der Waals surface area contributed by atoms with Crippen molar-refractivity contribution >= 4 is 5.91 Å². The van der Waals surface area contributed by atoms with Gasteiger partial charge in [0.1, 0.15) is 5.69 Å². The Bertz CT molecular complexity index is 860. The second-order valence-corrected chi connectivity index (χ2v) is 6.42. The highest BCUT2D eigenvalue weighted by molar-refractivity contribution is 5.93. The molecule has 10 heteroatoms. The van der Waals surface area contributed by atoms with Crippen molar-refractivity contribution in [1.82, 2.24) is 20.5 Å². The molecule has 1 aliphatic carbocycles. The molecule has 0 spiro atoms. The zero-order valence-corrected chi connectivity index (χ0v) is 14.2. The van der Waals surface area contributed by atoms with E-state index in [-0.39, 0.29) is 29.6 Å². The van der Waals surface area contributed by atoms with E-state index in [2.05, 4.69) is 20.5 Å². The van der Waals surface area contributed by atoms with Gasteiger partial charge in [-0.3, -0.25) is 9.89 Å². The molecule has 0 unspecified atom stereocenters. The van der Waals surface area contributed by atoms with Crippen molar-refractivity contribution in [2.45, 2.75) is 25.1 Å². The van der Waals surface area contributed by atoms with Crippen molar-refractivity contribution in [3.05, 3.63) is 34.8 Å². The van der Waals surface area contributed by atoms with Crippen LogP contribution >= 0.6 is 0 Å². The molecule has 27 heavy (non-hydrogen) atoms. The number of amides is 1. The number of halogens is 3. The molecular weight excluding hydrogens is 365 g/mol. The fourth-order valence-corrected chi connectivity index (χ4v) is 3.32. The number of pyridine rings is 1. The molecule has 1 saturated heterocycles. The lowest BCUT2D eigenvalue weighted by atomic mass is 9.90. The molecule has 1 atom stereocenters. The van der Waals surface area contributed by atoms with Crippen molar-refractivity contribution in [1.29, 1.82) is 0 Å². The van der Waals surface area contributed by atoms with Crippen LogP contribution in [0.5, 0.6) is 0 Å². The average Bonchev–Trinajstić information content (AvgIpc) is 3.14. The van der Waals surface area contributed by atoms with Crippen LogP contribution < -0.4 is 5.32 Å². The van der Waals surface area contributed by atoms with Crippen molar-refractivity contribution in [2.75, 3.05) is 26.4 Å². The minimum atomic E-state index is -4.62. The molecule has 1 aliphatic heterocycles. The fraction of sp³-hybridized carbons (Fsp3) is 0.471. The molecule has 0 saturated carbocycles. The van der Waals surface area contributed by atoms with Crippen LogP contribution in [-0.2, 0) is 28.5 Å². The average molecular weight is 382 g/mol. The fourth-order valence-electron chi connectivity index (χ4n) is 3.32. The molecule has 2 aromatic heterocycles. The van der Waals surface area contributed by atoms with Gasteiger partial charge < -0.3 is 14.8 Å². The smallest absolute Gasteiger partial charge is 0.376 e. The van der Waals surface area contributed by atoms with Gasteiger partial charge in [0.2, 0.25) is 0 Å². The number of aryl methyl sites for hydroxylation is 2. The van der Waals surface area contributed by atoms with E-state index in [4.69, 9.17) is 9.47 Å². The number of carbonyl (C=O) groups is 1. The summed E-state index contributed by atoms with van der Waals surface area (Å²) in [5, 5.41) is 9.04. The summed E-state index contributed by atoms with van der Waals surface area (Å²) in [7, 11) is 0. The highest BCUT2D eigenvalue weighted by Crippen LogP contribution is 2.41. The van der Waals surface area contributed by atoms with E-state index in [1.54, 1.807) is 0 Å². The number of carbonyl (C=O) groups excluding carboxylic acids is 1. The molecule has 3 heterocycles. The number of aromatic amines is 1. The van der Waals surface area contributed by atoms with Crippen LogP contribution in [0.1, 0.15) is 27.3 Å². The van der Waals surface area contributed by atoms with Gasteiger partial charge in [-0.25, -0.2) is 4.98 Å². The van der Waals surface area contributed by atoms with Crippen LogP contribution in [0.2, 0.25) is 0 Å². The van der Waals surface area contributed by atoms with E-state index >= 15 is 0 Å². The molecular formula is C17H17F3N4O3. The topological polar surface area (TPSA) is 89.1 Å². The summed E-state index contributed by atoms with van der Waals surface area (Å²) in [6.07, 6.45) is -2.60. The van der Waals surface area contributed by atoms with Crippen molar-refractivity contribution < 1.29 is 27.4 Å². The minimum absolute atomic E-state index is 0.0261. The maximum atomic E-state index is 13.7. The lowest BCUT2D eigenvalue weighted by Gasteiger charge is -2.23. The molecule has 0 aromatic carbocycles. The molecule has 0 bridgehead atoms. The highest BCUT2D eigenvalue weighted by Gasteiger charge is 2.38. The SMILES string of the molecule is O=C(NC[C@H]1COCCO1)c1cc(C(F)(F)F)c2c(n1)CCc1cn[nH]c1-2. The van der Waals surface area contributed by atoms with E-state index in [0.29, 0.717) is 43.9 Å². The summed E-state index contributed by atoms with van der Waals surface area (Å²) in [4.78, 5) is 16.6. The third kappa shape index (κ3) is 3.54. The van der Waals surface area contributed by atoms with Gasteiger partial charge in [0.05, 0.1) is 49.1 Å². The first-order valence-corrected chi connectivity index (χ1v) is 8.54. The monoisotopic (exact) mass is 382 g/mol. The maximum absolute atomic E-state index is 13.7. The Balaban J connectivity index is 1.64. The summed E-state index contributed by atoms with van der Waals surface area (Å²) in [5.41, 5.74) is 0.0869. The lowest BCUT2D eigenvalue weighted by Crippen LogP contribution is -2.40. The largest absolute Gasteiger partial charge is 0.417 e. The van der Waals surface area contributed by atoms with Crippen molar-refractivity contribution in [2.24, 2.45) is 0 Å². The van der Waals surface area contributed by atoms with Crippen molar-refractivity contribution in [3.63, 3.8) is 0 Å². The molecule has 2 aliphatic rings. The summed E-state index contributed by atoms with van der Waals surface area (Å²) in [6.45, 7) is 1.38. The van der Waals surface area contributed by atoms with Gasteiger partial charge in [0.25, 0.3) is 5.91 Å². The summed E-state index contributed by atoms with van der Waals surface area (Å²) < 4.78 is 51.6. The van der Waals surface area contributed by atoms with Crippen LogP contribution in [0.4, 0.5) is 13.2 Å². The van der Waals surface area contributed by atoms with Gasteiger partial charge >= 0.3 is 6.18 Å². The number of aromatic nitrogens is 3. The van der Waals surface area contributed by atoms with E-state index in [1.165, 1.54) is 6.20 Å². The highest BCUT2D eigenvalue weighted by atomic mass is 19.4. The Morgan fingerprint density at radius 2 is 2.19 bits per heavy atom. The van der Waals surface area contributed by atoms with Gasteiger partial charge in [0.15, 0.2) is 0 Å². The summed E-state index contributed by atoms with van der Waals surface area (Å²) >= 11 is 0. The number of hydrogen-bond acceptors (Lipinski definition) is 5. The Morgan fingerprint density at radius 1 is 1.33 bits per heavy atom. The van der Waals surface area contributed by atoms with Crippen LogP contribution in [0.15, 0.2) is 12.3 Å². The molecule has 2 N–H and O–H groups in total. The number of H-pyrrole nitrogens is 1. The Hall–Kier alpha value is -2.46. The first kappa shape index (κ1) is 17.9. The summed E-state index contributed by atoms with van der Waals surface area (Å²) in [6, 6.07) is 0.794. The second-order valence-electron chi connectivity index (χ2n) is 6.42. The maximum Gasteiger partial charge on any atom is 0.417 e. The van der Waals surface area contributed by atoms with Gasteiger partial charge in [-0.15, -0.1) is 0 Å². The zero-order valence-electron chi connectivity index (χ0n) is 14.2. The number of nitrogens with zero attached hydrogens (tertiary/aromatic N) is 2. The van der Waals surface area contributed by atoms with Crippen LogP contribution in [-0.4, -0.2) is 53.6 Å². The number of alkyl halides is 3. The molecule has 4 rings (SSSR count). The van der Waals surface area contributed by atoms with E-state index < -0.39 is 17.6 Å². The standard InChI is InChI=1S/C17H17F3N4O3/c18-17(19,20)11-5-13(16(25)21-7-10-8-26-3-4-27-10)23-12-2-1-9-6-22-24-15(9)14(11)12/h5-6,10H,1-4,7-8H2,(H,21,25)(H,22,24)/t10-/m0/s1. The first-order valence-electron chi connectivity index (χ1n) is 8.54. The van der Waals surface area contributed by atoms with E-state index in [0.717, 1.165) is 6.07 Å². The first-order chi connectivity index (χ1) is 12.9. The third-order valence-electron chi connectivity index (χ3n) is 4.61. The third-order valence-corrected chi connectivity index (χ3v) is 4.61. The van der Waals surface area contributed by atoms with E-state index in [9.17, 15) is 18.0 Å². The molecule has 1 amide bonds. The Kier molecular flexibility index (Phi) is 4.60. The quantitative estimate of drug-likeness (QED) is 0.844. The Morgan fingerprint density at radius 3 is 2.93 bits per heavy atom. The number of rotatable bonds is 3. The Labute approximate surface area is 152 Å².